The van der Waals surface area contributed by atoms with Gasteiger partial charge in [0.25, 0.3) is 0 Å². The molecule has 1 saturated carbocycles. The molecule has 0 aromatic heterocycles. The van der Waals surface area contributed by atoms with Gasteiger partial charge in [0.05, 0.1) is 6.61 Å². The first kappa shape index (κ1) is 14.9. The summed E-state index contributed by atoms with van der Waals surface area (Å²) in [6.07, 6.45) is 8.10. The van der Waals surface area contributed by atoms with Crippen LogP contribution in [-0.2, 0) is 4.79 Å². The van der Waals surface area contributed by atoms with E-state index in [4.69, 9.17) is 4.74 Å². The Kier molecular flexibility index (Phi) is 5.90. The van der Waals surface area contributed by atoms with Gasteiger partial charge in [-0.2, -0.15) is 0 Å². The quantitative estimate of drug-likeness (QED) is 0.715. The van der Waals surface area contributed by atoms with Gasteiger partial charge in [-0.1, -0.05) is 32.6 Å². The molecule has 3 nitrogen and oxygen atoms in total. The van der Waals surface area contributed by atoms with E-state index in [9.17, 15) is 4.79 Å². The van der Waals surface area contributed by atoms with E-state index < -0.39 is 0 Å². The molecule has 1 aromatic carbocycles. The highest BCUT2D eigenvalue weighted by Gasteiger charge is 2.24. The zero-order chi connectivity index (χ0) is 14.2. The van der Waals surface area contributed by atoms with E-state index in [1.807, 2.05) is 24.3 Å². The molecule has 1 aliphatic carbocycles. The molecule has 0 radical (unpaired) electrons. The average Bonchev–Trinajstić information content (AvgIpc) is 2.38. The normalized spacial score (nSPS) is 14.7. The third kappa shape index (κ3) is 4.55. The second kappa shape index (κ2) is 7.93. The van der Waals surface area contributed by atoms with Crippen molar-refractivity contribution in [3.8, 4) is 5.75 Å². The number of rotatable bonds is 8. The molecule has 1 aromatic rings. The third-order valence-electron chi connectivity index (χ3n) is 3.86. The average molecular weight is 275 g/mol. The Labute approximate surface area is 121 Å². The number of carbonyl (C=O) groups excluding carboxylic acids is 1. The minimum atomic E-state index is 0.157. The maximum Gasteiger partial charge on any atom is 0.227 e. The fourth-order valence-corrected chi connectivity index (χ4v) is 2.27. The molecule has 0 aliphatic heterocycles. The van der Waals surface area contributed by atoms with Crippen molar-refractivity contribution in [3.63, 3.8) is 0 Å². The van der Waals surface area contributed by atoms with Crippen molar-refractivity contribution in [1.29, 1.82) is 0 Å². The van der Waals surface area contributed by atoms with E-state index in [0.29, 0.717) is 0 Å². The van der Waals surface area contributed by atoms with Crippen LogP contribution in [0.25, 0.3) is 0 Å². The summed E-state index contributed by atoms with van der Waals surface area (Å²) in [7, 11) is 0. The molecule has 0 bridgehead atoms. The van der Waals surface area contributed by atoms with E-state index in [1.165, 1.54) is 25.7 Å². The predicted molar refractivity (Wildman–Crippen MR) is 82.0 cm³/mol. The van der Waals surface area contributed by atoms with Gasteiger partial charge in [-0.15, -0.1) is 0 Å². The molecule has 0 heterocycles. The summed E-state index contributed by atoms with van der Waals surface area (Å²) in [5.74, 6) is 1.26. The molecular formula is C17H25NO2. The van der Waals surface area contributed by atoms with Crippen molar-refractivity contribution in [2.75, 3.05) is 11.9 Å². The number of ether oxygens (including phenoxy) is 1. The van der Waals surface area contributed by atoms with Crippen LogP contribution in [0.15, 0.2) is 24.3 Å². The molecule has 1 amide bonds. The summed E-state index contributed by atoms with van der Waals surface area (Å²) < 4.78 is 5.68. The van der Waals surface area contributed by atoms with Crippen LogP contribution in [0.1, 0.15) is 51.9 Å². The molecule has 20 heavy (non-hydrogen) atoms. The van der Waals surface area contributed by atoms with Gasteiger partial charge in [-0.25, -0.2) is 0 Å². The highest BCUT2D eigenvalue weighted by atomic mass is 16.5. The van der Waals surface area contributed by atoms with Gasteiger partial charge in [-0.3, -0.25) is 4.79 Å². The fourth-order valence-electron chi connectivity index (χ4n) is 2.27. The smallest absolute Gasteiger partial charge is 0.227 e. The standard InChI is InChI=1S/C17H25NO2/c1-2-3-4-5-13-20-16-11-9-15(10-12-16)18-17(19)14-7-6-8-14/h9-12,14H,2-8,13H2,1H3,(H,18,19). The number of benzene rings is 1. The highest BCUT2D eigenvalue weighted by molar-refractivity contribution is 5.93. The summed E-state index contributed by atoms with van der Waals surface area (Å²) in [6, 6.07) is 7.68. The van der Waals surface area contributed by atoms with Gasteiger partial charge >= 0.3 is 0 Å². The van der Waals surface area contributed by atoms with Crippen LogP contribution in [0.4, 0.5) is 5.69 Å². The van der Waals surface area contributed by atoms with E-state index in [0.717, 1.165) is 37.3 Å². The van der Waals surface area contributed by atoms with Crippen molar-refractivity contribution < 1.29 is 9.53 Å². The number of amides is 1. The predicted octanol–water partition coefficient (Wildman–Crippen LogP) is 4.38. The number of nitrogens with one attached hydrogen (secondary N) is 1. The number of hydrogen-bond donors (Lipinski definition) is 1. The molecule has 0 spiro atoms. The van der Waals surface area contributed by atoms with Gasteiger partial charge in [0.1, 0.15) is 5.75 Å². The van der Waals surface area contributed by atoms with Crippen LogP contribution in [0.2, 0.25) is 0 Å². The van der Waals surface area contributed by atoms with Crippen molar-refractivity contribution in [2.45, 2.75) is 51.9 Å². The molecular weight excluding hydrogens is 250 g/mol. The number of carbonyl (C=O) groups is 1. The number of hydrogen-bond acceptors (Lipinski definition) is 2. The fraction of sp³-hybridized carbons (Fsp3) is 0.588. The Morgan fingerprint density at radius 3 is 2.55 bits per heavy atom. The maximum absolute atomic E-state index is 11.8. The van der Waals surface area contributed by atoms with E-state index in [1.54, 1.807) is 0 Å². The molecule has 0 unspecified atom stereocenters. The largest absolute Gasteiger partial charge is 0.494 e. The number of unbranched alkanes of at least 4 members (excludes halogenated alkanes) is 3. The van der Waals surface area contributed by atoms with Gasteiger partial charge in [0.2, 0.25) is 5.91 Å². The molecule has 1 fully saturated rings. The van der Waals surface area contributed by atoms with Crippen molar-refractivity contribution in [2.24, 2.45) is 5.92 Å². The summed E-state index contributed by atoms with van der Waals surface area (Å²) in [5.41, 5.74) is 0.861. The summed E-state index contributed by atoms with van der Waals surface area (Å²) >= 11 is 0. The lowest BCUT2D eigenvalue weighted by Crippen LogP contribution is -2.27. The molecule has 0 saturated heterocycles. The SMILES string of the molecule is CCCCCCOc1ccc(NC(=O)C2CCC2)cc1. The van der Waals surface area contributed by atoms with Crippen LogP contribution in [-0.4, -0.2) is 12.5 Å². The Morgan fingerprint density at radius 1 is 1.20 bits per heavy atom. The lowest BCUT2D eigenvalue weighted by molar-refractivity contribution is -0.122. The minimum absolute atomic E-state index is 0.157. The van der Waals surface area contributed by atoms with Crippen LogP contribution in [0, 0.1) is 5.92 Å². The molecule has 2 rings (SSSR count). The van der Waals surface area contributed by atoms with Crippen molar-refractivity contribution in [3.05, 3.63) is 24.3 Å². The van der Waals surface area contributed by atoms with E-state index >= 15 is 0 Å². The van der Waals surface area contributed by atoms with Gasteiger partial charge in [-0.05, 0) is 43.5 Å². The Balaban J connectivity index is 1.70. The molecule has 1 aliphatic rings. The number of anilines is 1. The second-order valence-electron chi connectivity index (χ2n) is 5.55. The second-order valence-corrected chi connectivity index (χ2v) is 5.55. The Hall–Kier alpha value is -1.51. The Bertz CT molecular complexity index is 410. The zero-order valence-electron chi connectivity index (χ0n) is 12.4. The third-order valence-corrected chi connectivity index (χ3v) is 3.86. The highest BCUT2D eigenvalue weighted by Crippen LogP contribution is 2.27. The van der Waals surface area contributed by atoms with Crippen LogP contribution in [0.5, 0.6) is 5.75 Å². The summed E-state index contributed by atoms with van der Waals surface area (Å²) in [6.45, 7) is 2.98. The Morgan fingerprint density at radius 2 is 1.95 bits per heavy atom. The van der Waals surface area contributed by atoms with Crippen LogP contribution >= 0.6 is 0 Å². The lowest BCUT2D eigenvalue weighted by atomic mass is 9.85. The first-order chi connectivity index (χ1) is 9.79. The molecule has 110 valence electrons. The molecule has 3 heteroatoms. The van der Waals surface area contributed by atoms with Crippen molar-refractivity contribution >= 4 is 11.6 Å². The maximum atomic E-state index is 11.8. The van der Waals surface area contributed by atoms with Crippen molar-refractivity contribution in [1.82, 2.24) is 0 Å². The first-order valence-electron chi connectivity index (χ1n) is 7.83. The topological polar surface area (TPSA) is 38.3 Å². The van der Waals surface area contributed by atoms with Gasteiger partial charge in [0, 0.05) is 11.6 Å². The molecule has 0 atom stereocenters. The first-order valence-corrected chi connectivity index (χ1v) is 7.83. The minimum Gasteiger partial charge on any atom is -0.494 e. The van der Waals surface area contributed by atoms with Gasteiger partial charge < -0.3 is 10.1 Å². The zero-order valence-corrected chi connectivity index (χ0v) is 12.4. The summed E-state index contributed by atoms with van der Waals surface area (Å²) in [5, 5.41) is 2.96. The lowest BCUT2D eigenvalue weighted by Gasteiger charge is -2.24. The summed E-state index contributed by atoms with van der Waals surface area (Å²) in [4.78, 5) is 11.8. The van der Waals surface area contributed by atoms with Crippen LogP contribution < -0.4 is 10.1 Å². The van der Waals surface area contributed by atoms with E-state index in [2.05, 4.69) is 12.2 Å². The van der Waals surface area contributed by atoms with E-state index in [-0.39, 0.29) is 11.8 Å². The van der Waals surface area contributed by atoms with Crippen LogP contribution in [0.3, 0.4) is 0 Å². The molecule has 1 N–H and O–H groups in total. The van der Waals surface area contributed by atoms with Gasteiger partial charge in [0.15, 0.2) is 0 Å². The monoisotopic (exact) mass is 275 g/mol.